The van der Waals surface area contributed by atoms with Gasteiger partial charge < -0.3 is 5.11 Å². The van der Waals surface area contributed by atoms with E-state index in [1.807, 2.05) is 12.1 Å². The molecule has 11 heavy (non-hydrogen) atoms. The van der Waals surface area contributed by atoms with Gasteiger partial charge in [-0.2, -0.15) is 12.6 Å². The first kappa shape index (κ1) is 8.66. The van der Waals surface area contributed by atoms with Crippen LogP contribution in [0.25, 0.3) is 0 Å². The second kappa shape index (κ2) is 4.45. The lowest BCUT2D eigenvalue weighted by atomic mass is 10.4. The summed E-state index contributed by atoms with van der Waals surface area (Å²) in [6.45, 7) is 0.104. The fourth-order valence-electron chi connectivity index (χ4n) is 0.657. The molecule has 0 amide bonds. The van der Waals surface area contributed by atoms with Crippen molar-refractivity contribution in [3.8, 4) is 11.8 Å². The average molecular weight is 184 g/mol. The summed E-state index contributed by atoms with van der Waals surface area (Å²) in [7, 11) is 0. The van der Waals surface area contributed by atoms with Gasteiger partial charge in [-0.15, -0.1) is 11.3 Å². The molecule has 0 unspecified atom stereocenters. The van der Waals surface area contributed by atoms with Crippen LogP contribution in [0.1, 0.15) is 9.75 Å². The largest absolute Gasteiger partial charge is 0.391 e. The maximum Gasteiger partial charge on any atom is 0.0774 e. The molecule has 0 aromatic carbocycles. The van der Waals surface area contributed by atoms with Gasteiger partial charge in [0.25, 0.3) is 0 Å². The molecule has 0 spiro atoms. The third-order valence-corrected chi connectivity index (χ3v) is 2.25. The number of thiophene rings is 1. The van der Waals surface area contributed by atoms with Gasteiger partial charge in [0.2, 0.25) is 0 Å². The molecule has 1 N–H and O–H groups in total. The van der Waals surface area contributed by atoms with Crippen molar-refractivity contribution in [2.75, 3.05) is 5.75 Å². The van der Waals surface area contributed by atoms with Crippen LogP contribution in [0.3, 0.4) is 0 Å². The van der Waals surface area contributed by atoms with E-state index in [1.54, 1.807) is 0 Å². The highest BCUT2D eigenvalue weighted by molar-refractivity contribution is 7.80. The van der Waals surface area contributed by atoms with Gasteiger partial charge in [-0.25, -0.2) is 0 Å². The Morgan fingerprint density at radius 2 is 2.36 bits per heavy atom. The van der Waals surface area contributed by atoms with Gasteiger partial charge >= 0.3 is 0 Å². The first-order valence-electron chi connectivity index (χ1n) is 3.16. The zero-order valence-corrected chi connectivity index (χ0v) is 7.58. The van der Waals surface area contributed by atoms with Crippen LogP contribution in [0.2, 0.25) is 0 Å². The Morgan fingerprint density at radius 3 is 2.91 bits per heavy atom. The summed E-state index contributed by atoms with van der Waals surface area (Å²) in [6, 6.07) is 3.79. The molecule has 1 aromatic rings. The summed E-state index contributed by atoms with van der Waals surface area (Å²) in [4.78, 5) is 1.94. The zero-order valence-electron chi connectivity index (χ0n) is 5.87. The third kappa shape index (κ3) is 2.58. The van der Waals surface area contributed by atoms with Crippen molar-refractivity contribution in [1.29, 1.82) is 0 Å². The molecule has 1 nitrogen and oxygen atoms in total. The van der Waals surface area contributed by atoms with E-state index in [4.69, 9.17) is 5.11 Å². The maximum absolute atomic E-state index is 8.72. The number of aliphatic hydroxyl groups is 1. The van der Waals surface area contributed by atoms with E-state index in [-0.39, 0.29) is 6.61 Å². The summed E-state index contributed by atoms with van der Waals surface area (Å²) in [5, 5.41) is 8.72. The molecule has 1 heterocycles. The highest BCUT2D eigenvalue weighted by Crippen LogP contribution is 2.14. The molecule has 58 valence electrons. The molecule has 3 heteroatoms. The summed E-state index contributed by atoms with van der Waals surface area (Å²) in [5.41, 5.74) is 0. The van der Waals surface area contributed by atoms with Crippen molar-refractivity contribution in [2.24, 2.45) is 0 Å². The predicted molar refractivity (Wildman–Crippen MR) is 51.0 cm³/mol. The highest BCUT2D eigenvalue weighted by Gasteiger charge is 1.93. The van der Waals surface area contributed by atoms with Crippen molar-refractivity contribution in [3.05, 3.63) is 21.9 Å². The molecule has 0 saturated heterocycles. The van der Waals surface area contributed by atoms with Gasteiger partial charge in [0, 0.05) is 4.88 Å². The fraction of sp³-hybridized carbons (Fsp3) is 0.250. The van der Waals surface area contributed by atoms with Crippen molar-refractivity contribution in [2.45, 2.75) is 6.61 Å². The van der Waals surface area contributed by atoms with Crippen molar-refractivity contribution >= 4 is 24.0 Å². The molecular formula is C8H8OS2. The minimum Gasteiger partial charge on any atom is -0.391 e. The van der Waals surface area contributed by atoms with Crippen LogP contribution in [0.5, 0.6) is 0 Å². The molecule has 0 aliphatic rings. The lowest BCUT2D eigenvalue weighted by Gasteiger charge is -1.80. The van der Waals surface area contributed by atoms with E-state index < -0.39 is 0 Å². The summed E-state index contributed by atoms with van der Waals surface area (Å²) < 4.78 is 0. The smallest absolute Gasteiger partial charge is 0.0774 e. The Balaban J connectivity index is 2.72. The highest BCUT2D eigenvalue weighted by atomic mass is 32.1. The van der Waals surface area contributed by atoms with Gasteiger partial charge in [-0.3, -0.25) is 0 Å². The molecule has 0 atom stereocenters. The van der Waals surface area contributed by atoms with Crippen molar-refractivity contribution in [1.82, 2.24) is 0 Å². The number of hydrogen-bond donors (Lipinski definition) is 2. The van der Waals surface area contributed by atoms with Gasteiger partial charge in [-0.1, -0.05) is 11.8 Å². The Hall–Kier alpha value is -0.430. The van der Waals surface area contributed by atoms with Crippen LogP contribution in [0.4, 0.5) is 0 Å². The molecule has 0 bridgehead atoms. The lowest BCUT2D eigenvalue weighted by molar-refractivity contribution is 0.285. The molecule has 0 aliphatic carbocycles. The van der Waals surface area contributed by atoms with Crippen LogP contribution in [0, 0.1) is 11.8 Å². The summed E-state index contributed by atoms with van der Waals surface area (Å²) in [5.74, 6) is 6.35. The molecule has 0 aliphatic heterocycles. The second-order valence-corrected chi connectivity index (χ2v) is 3.37. The Morgan fingerprint density at radius 1 is 1.55 bits per heavy atom. The number of rotatable bonds is 1. The van der Waals surface area contributed by atoms with E-state index in [9.17, 15) is 0 Å². The van der Waals surface area contributed by atoms with E-state index in [2.05, 4.69) is 24.5 Å². The van der Waals surface area contributed by atoms with Gasteiger partial charge in [-0.05, 0) is 12.1 Å². The van der Waals surface area contributed by atoms with Crippen molar-refractivity contribution < 1.29 is 5.11 Å². The van der Waals surface area contributed by atoms with Crippen LogP contribution >= 0.6 is 24.0 Å². The fourth-order valence-corrected chi connectivity index (χ4v) is 1.48. The first-order chi connectivity index (χ1) is 5.36. The average Bonchev–Trinajstić information content (AvgIpc) is 2.48. The van der Waals surface area contributed by atoms with Gasteiger partial charge in [0.05, 0.1) is 17.2 Å². The van der Waals surface area contributed by atoms with E-state index in [1.165, 1.54) is 11.3 Å². The maximum atomic E-state index is 8.72. The predicted octanol–water partition coefficient (Wildman–Crippen LogP) is 1.52. The molecular weight excluding hydrogens is 176 g/mol. The summed E-state index contributed by atoms with van der Waals surface area (Å²) >= 11 is 5.48. The number of hydrogen-bond acceptors (Lipinski definition) is 3. The topological polar surface area (TPSA) is 20.2 Å². The first-order valence-corrected chi connectivity index (χ1v) is 4.61. The summed E-state index contributed by atoms with van der Waals surface area (Å²) in [6.07, 6.45) is 0. The molecule has 0 radical (unpaired) electrons. The third-order valence-electron chi connectivity index (χ3n) is 1.11. The number of thiol groups is 1. The van der Waals surface area contributed by atoms with Crippen LogP contribution in [-0.4, -0.2) is 10.9 Å². The minimum atomic E-state index is 0.104. The van der Waals surface area contributed by atoms with Gasteiger partial charge in [0.1, 0.15) is 0 Å². The SMILES string of the molecule is OCc1ccc(C#CCS)s1. The van der Waals surface area contributed by atoms with Crippen molar-refractivity contribution in [3.63, 3.8) is 0 Å². The lowest BCUT2D eigenvalue weighted by Crippen LogP contribution is -1.70. The monoisotopic (exact) mass is 184 g/mol. The van der Waals surface area contributed by atoms with Crippen LogP contribution < -0.4 is 0 Å². The van der Waals surface area contributed by atoms with E-state index in [0.29, 0.717) is 5.75 Å². The van der Waals surface area contributed by atoms with Crippen LogP contribution in [0.15, 0.2) is 12.1 Å². The molecule has 1 rings (SSSR count). The Labute approximate surface area is 75.5 Å². The standard InChI is InChI=1S/C8H8OS2/c9-6-8-4-3-7(11-8)2-1-5-10/h3-4,9-10H,5-6H2. The quantitative estimate of drug-likeness (QED) is 0.501. The van der Waals surface area contributed by atoms with E-state index in [0.717, 1.165) is 9.75 Å². The molecule has 0 fully saturated rings. The van der Waals surface area contributed by atoms with Crippen LogP contribution in [-0.2, 0) is 6.61 Å². The zero-order chi connectivity index (χ0) is 8.10. The minimum absolute atomic E-state index is 0.104. The Kier molecular flexibility index (Phi) is 3.50. The number of aliphatic hydroxyl groups excluding tert-OH is 1. The van der Waals surface area contributed by atoms with Gasteiger partial charge in [0.15, 0.2) is 0 Å². The second-order valence-electron chi connectivity index (χ2n) is 1.88. The molecule has 0 saturated carbocycles. The van der Waals surface area contributed by atoms with E-state index >= 15 is 0 Å². The Bertz CT molecular complexity index is 280. The molecule has 1 aromatic heterocycles. The normalized spacial score (nSPS) is 8.91.